The number of aromatic nitrogens is 2. The van der Waals surface area contributed by atoms with E-state index in [0.717, 1.165) is 11.3 Å². The van der Waals surface area contributed by atoms with Gasteiger partial charge in [-0.15, -0.1) is 0 Å². The Hall–Kier alpha value is -2.20. The first kappa shape index (κ1) is 12.8. The number of methoxy groups -OCH3 is 1. The Morgan fingerprint density at radius 1 is 1.20 bits per heavy atom. The van der Waals surface area contributed by atoms with E-state index in [1.807, 2.05) is 24.3 Å². The highest BCUT2D eigenvalue weighted by molar-refractivity contribution is 6.29. The van der Waals surface area contributed by atoms with Gasteiger partial charge in [0, 0.05) is 6.20 Å². The minimum atomic E-state index is 0.194. The number of benzene rings is 1. The molecular formula is C15H13ClN2O2. The van der Waals surface area contributed by atoms with Crippen LogP contribution in [0.4, 0.5) is 0 Å². The van der Waals surface area contributed by atoms with Crippen molar-refractivity contribution in [1.82, 2.24) is 9.55 Å². The molecule has 1 aromatic carbocycles. The van der Waals surface area contributed by atoms with E-state index >= 15 is 0 Å². The molecule has 0 aliphatic rings. The van der Waals surface area contributed by atoms with Crippen molar-refractivity contribution in [1.29, 1.82) is 0 Å². The third-order valence-corrected chi connectivity index (χ3v) is 3.40. The van der Waals surface area contributed by atoms with Gasteiger partial charge in [-0.2, -0.15) is 0 Å². The Labute approximate surface area is 121 Å². The summed E-state index contributed by atoms with van der Waals surface area (Å²) in [5.41, 5.74) is 1.75. The van der Waals surface area contributed by atoms with E-state index in [1.165, 1.54) is 0 Å². The molecule has 0 aliphatic carbocycles. The standard InChI is InChI=1S/C15H13ClN2O2/c1-20-11-4-2-10(3-5-11)8-18-9-13-12(15(18)19)6-7-14(16)17-13/h2-7,9,19H,8H2,1H3. The van der Waals surface area contributed by atoms with Crippen molar-refractivity contribution in [2.75, 3.05) is 7.11 Å². The van der Waals surface area contributed by atoms with Crippen LogP contribution in [-0.4, -0.2) is 21.8 Å². The highest BCUT2D eigenvalue weighted by atomic mass is 35.5. The van der Waals surface area contributed by atoms with Crippen molar-refractivity contribution >= 4 is 22.5 Å². The van der Waals surface area contributed by atoms with Crippen LogP contribution < -0.4 is 4.74 Å². The quantitative estimate of drug-likeness (QED) is 0.751. The molecule has 5 heteroatoms. The third-order valence-electron chi connectivity index (χ3n) is 3.19. The van der Waals surface area contributed by atoms with Crippen LogP contribution in [0.5, 0.6) is 11.6 Å². The van der Waals surface area contributed by atoms with Crippen LogP contribution in [0.2, 0.25) is 5.15 Å². The lowest BCUT2D eigenvalue weighted by Crippen LogP contribution is -1.97. The average Bonchev–Trinajstić information content (AvgIpc) is 2.75. The second-order valence-corrected chi connectivity index (χ2v) is 4.88. The van der Waals surface area contributed by atoms with Crippen LogP contribution in [0.1, 0.15) is 5.56 Å². The van der Waals surface area contributed by atoms with E-state index in [9.17, 15) is 5.11 Å². The molecule has 0 bridgehead atoms. The molecule has 0 radical (unpaired) electrons. The summed E-state index contributed by atoms with van der Waals surface area (Å²) >= 11 is 5.86. The van der Waals surface area contributed by atoms with Gasteiger partial charge in [0.2, 0.25) is 5.88 Å². The lowest BCUT2D eigenvalue weighted by Gasteiger charge is -2.06. The second kappa shape index (κ2) is 5.06. The summed E-state index contributed by atoms with van der Waals surface area (Å²) in [4.78, 5) is 4.19. The predicted molar refractivity (Wildman–Crippen MR) is 78.5 cm³/mol. The Balaban J connectivity index is 1.95. The van der Waals surface area contributed by atoms with Crippen LogP contribution in [-0.2, 0) is 6.54 Å². The second-order valence-electron chi connectivity index (χ2n) is 4.50. The molecule has 3 rings (SSSR count). The lowest BCUT2D eigenvalue weighted by molar-refractivity contribution is 0.414. The predicted octanol–water partition coefficient (Wildman–Crippen LogP) is 3.45. The number of aromatic hydroxyl groups is 1. The monoisotopic (exact) mass is 288 g/mol. The van der Waals surface area contributed by atoms with Gasteiger partial charge < -0.3 is 14.4 Å². The Morgan fingerprint density at radius 3 is 2.65 bits per heavy atom. The maximum atomic E-state index is 10.2. The van der Waals surface area contributed by atoms with Crippen molar-refractivity contribution in [3.8, 4) is 11.6 Å². The Morgan fingerprint density at radius 2 is 1.95 bits per heavy atom. The SMILES string of the molecule is COc1ccc(Cn2cc3nc(Cl)ccc3c2O)cc1. The van der Waals surface area contributed by atoms with Gasteiger partial charge in [-0.3, -0.25) is 0 Å². The van der Waals surface area contributed by atoms with Gasteiger partial charge in [-0.05, 0) is 29.8 Å². The van der Waals surface area contributed by atoms with Gasteiger partial charge in [0.25, 0.3) is 0 Å². The number of hydrogen-bond donors (Lipinski definition) is 1. The van der Waals surface area contributed by atoms with Crippen molar-refractivity contribution in [3.63, 3.8) is 0 Å². The smallest absolute Gasteiger partial charge is 0.201 e. The summed E-state index contributed by atoms with van der Waals surface area (Å²) in [6.07, 6.45) is 1.79. The molecule has 2 heterocycles. The first-order chi connectivity index (χ1) is 9.67. The van der Waals surface area contributed by atoms with Gasteiger partial charge in [-0.25, -0.2) is 4.98 Å². The number of rotatable bonds is 3. The summed E-state index contributed by atoms with van der Waals surface area (Å²) in [6, 6.07) is 11.1. The first-order valence-electron chi connectivity index (χ1n) is 6.14. The number of halogens is 1. The topological polar surface area (TPSA) is 47.3 Å². The molecule has 0 spiro atoms. The third kappa shape index (κ3) is 2.30. The van der Waals surface area contributed by atoms with Gasteiger partial charge in [-0.1, -0.05) is 23.7 Å². The molecule has 1 N–H and O–H groups in total. The molecule has 20 heavy (non-hydrogen) atoms. The molecule has 0 saturated carbocycles. The summed E-state index contributed by atoms with van der Waals surface area (Å²) in [5, 5.41) is 11.3. The van der Waals surface area contributed by atoms with Crippen molar-refractivity contribution in [3.05, 3.63) is 53.3 Å². The number of ether oxygens (including phenoxy) is 1. The van der Waals surface area contributed by atoms with Crippen LogP contribution >= 0.6 is 11.6 Å². The molecule has 0 aliphatic heterocycles. The Bertz CT molecular complexity index is 750. The van der Waals surface area contributed by atoms with Crippen LogP contribution in [0.25, 0.3) is 10.9 Å². The minimum absolute atomic E-state index is 0.194. The van der Waals surface area contributed by atoms with Crippen molar-refractivity contribution < 1.29 is 9.84 Å². The fourth-order valence-electron chi connectivity index (χ4n) is 2.15. The molecule has 2 aromatic heterocycles. The van der Waals surface area contributed by atoms with Gasteiger partial charge in [0.15, 0.2) is 0 Å². The van der Waals surface area contributed by atoms with E-state index in [4.69, 9.17) is 16.3 Å². The molecule has 4 nitrogen and oxygen atoms in total. The van der Waals surface area contributed by atoms with Crippen LogP contribution in [0.15, 0.2) is 42.6 Å². The summed E-state index contributed by atoms with van der Waals surface area (Å²) in [5.74, 6) is 1.00. The Kier molecular flexibility index (Phi) is 3.24. The minimum Gasteiger partial charge on any atom is -0.497 e. The average molecular weight is 289 g/mol. The molecule has 102 valence electrons. The highest BCUT2D eigenvalue weighted by Crippen LogP contribution is 2.28. The molecule has 3 aromatic rings. The lowest BCUT2D eigenvalue weighted by atomic mass is 10.2. The summed E-state index contributed by atoms with van der Waals surface area (Å²) < 4.78 is 6.87. The molecule has 0 saturated heterocycles. The molecule has 0 fully saturated rings. The summed E-state index contributed by atoms with van der Waals surface area (Å²) in [6.45, 7) is 0.559. The summed E-state index contributed by atoms with van der Waals surface area (Å²) in [7, 11) is 1.63. The highest BCUT2D eigenvalue weighted by Gasteiger charge is 2.10. The van der Waals surface area contributed by atoms with E-state index in [-0.39, 0.29) is 5.88 Å². The zero-order chi connectivity index (χ0) is 14.1. The van der Waals surface area contributed by atoms with Gasteiger partial charge in [0.05, 0.1) is 24.6 Å². The van der Waals surface area contributed by atoms with Crippen molar-refractivity contribution in [2.45, 2.75) is 6.54 Å². The number of pyridine rings is 1. The normalized spacial score (nSPS) is 10.9. The maximum Gasteiger partial charge on any atom is 0.201 e. The zero-order valence-corrected chi connectivity index (χ0v) is 11.6. The van der Waals surface area contributed by atoms with E-state index < -0.39 is 0 Å². The van der Waals surface area contributed by atoms with E-state index in [1.54, 1.807) is 30.0 Å². The van der Waals surface area contributed by atoms with Gasteiger partial charge in [0.1, 0.15) is 10.9 Å². The number of hydrogen-bond acceptors (Lipinski definition) is 3. The largest absolute Gasteiger partial charge is 0.497 e. The zero-order valence-electron chi connectivity index (χ0n) is 10.9. The molecule has 0 unspecified atom stereocenters. The van der Waals surface area contributed by atoms with E-state index in [0.29, 0.717) is 22.6 Å². The molecule has 0 atom stereocenters. The van der Waals surface area contributed by atoms with Gasteiger partial charge >= 0.3 is 0 Å². The fourth-order valence-corrected chi connectivity index (χ4v) is 2.30. The van der Waals surface area contributed by atoms with Crippen LogP contribution in [0, 0.1) is 0 Å². The maximum absolute atomic E-state index is 10.2. The number of fused-ring (bicyclic) bond motifs is 1. The molecule has 0 amide bonds. The molecular weight excluding hydrogens is 276 g/mol. The van der Waals surface area contributed by atoms with E-state index in [2.05, 4.69) is 4.98 Å². The van der Waals surface area contributed by atoms with Crippen molar-refractivity contribution in [2.24, 2.45) is 0 Å². The fraction of sp³-hybridized carbons (Fsp3) is 0.133. The first-order valence-corrected chi connectivity index (χ1v) is 6.52. The van der Waals surface area contributed by atoms with Crippen LogP contribution in [0.3, 0.4) is 0 Å². The number of nitrogens with zero attached hydrogens (tertiary/aromatic N) is 2.